The van der Waals surface area contributed by atoms with Crippen LogP contribution < -0.4 is 10.6 Å². The zero-order chi connectivity index (χ0) is 19.9. The van der Waals surface area contributed by atoms with E-state index in [1.54, 1.807) is 24.3 Å². The summed E-state index contributed by atoms with van der Waals surface area (Å²) in [6, 6.07) is 21.8. The molecule has 3 aromatic carbocycles. The molecule has 3 rings (SSSR count). The highest BCUT2D eigenvalue weighted by atomic mass is 19.1. The van der Waals surface area contributed by atoms with Gasteiger partial charge in [-0.25, -0.2) is 4.39 Å². The molecule has 2 N–H and O–H groups in total. The highest BCUT2D eigenvalue weighted by Crippen LogP contribution is 2.22. The van der Waals surface area contributed by atoms with Gasteiger partial charge >= 0.3 is 0 Å². The fraction of sp³-hybridized carbons (Fsp3) is 0.130. The van der Waals surface area contributed by atoms with Crippen molar-refractivity contribution >= 4 is 23.2 Å². The van der Waals surface area contributed by atoms with Crippen LogP contribution in [0.1, 0.15) is 35.2 Å². The van der Waals surface area contributed by atoms with Gasteiger partial charge < -0.3 is 10.6 Å². The first-order chi connectivity index (χ1) is 13.6. The number of nitrogens with one attached hydrogen (secondary N) is 2. The van der Waals surface area contributed by atoms with Gasteiger partial charge in [-0.2, -0.15) is 0 Å². The third-order valence-electron chi connectivity index (χ3n) is 4.44. The van der Waals surface area contributed by atoms with Crippen molar-refractivity contribution < 1.29 is 14.0 Å². The van der Waals surface area contributed by atoms with Crippen LogP contribution in [0.5, 0.6) is 0 Å². The smallest absolute Gasteiger partial charge is 0.255 e. The normalized spacial score (nSPS) is 11.5. The molecule has 3 aromatic rings. The molecular formula is C23H21FN2O2. The molecule has 0 spiro atoms. The molecule has 0 fully saturated rings. The second-order valence-electron chi connectivity index (χ2n) is 6.40. The number of carbonyl (C=O) groups is 2. The van der Waals surface area contributed by atoms with E-state index in [9.17, 15) is 14.0 Å². The third kappa shape index (κ3) is 4.82. The second kappa shape index (κ2) is 8.95. The Bertz CT molecular complexity index is 939. The third-order valence-corrected chi connectivity index (χ3v) is 4.44. The quantitative estimate of drug-likeness (QED) is 0.620. The van der Waals surface area contributed by atoms with Gasteiger partial charge in [-0.05, 0) is 60.5 Å². The average molecular weight is 376 g/mol. The van der Waals surface area contributed by atoms with E-state index in [1.807, 2.05) is 37.3 Å². The number of rotatable bonds is 6. The van der Waals surface area contributed by atoms with E-state index in [0.717, 1.165) is 5.56 Å². The topological polar surface area (TPSA) is 58.2 Å². The SMILES string of the molecule is CC[C@@H](C(=O)Nc1ccc(C(=O)Nc2ccc(F)cc2)cc1)c1ccccc1. The first kappa shape index (κ1) is 19.3. The number of anilines is 2. The number of hydrogen-bond acceptors (Lipinski definition) is 2. The predicted octanol–water partition coefficient (Wildman–Crippen LogP) is 5.21. The molecule has 4 nitrogen and oxygen atoms in total. The summed E-state index contributed by atoms with van der Waals surface area (Å²) in [5, 5.41) is 5.60. The zero-order valence-electron chi connectivity index (χ0n) is 15.5. The molecule has 0 aliphatic heterocycles. The fourth-order valence-electron chi connectivity index (χ4n) is 2.93. The lowest BCUT2D eigenvalue weighted by atomic mass is 9.95. The van der Waals surface area contributed by atoms with Crippen LogP contribution in [0.2, 0.25) is 0 Å². The predicted molar refractivity (Wildman–Crippen MR) is 109 cm³/mol. The Hall–Kier alpha value is -3.47. The van der Waals surface area contributed by atoms with E-state index in [1.165, 1.54) is 24.3 Å². The van der Waals surface area contributed by atoms with Crippen LogP contribution in [0, 0.1) is 5.82 Å². The highest BCUT2D eigenvalue weighted by molar-refractivity contribution is 6.04. The molecule has 0 aliphatic rings. The molecular weight excluding hydrogens is 355 g/mol. The summed E-state index contributed by atoms with van der Waals surface area (Å²) in [4.78, 5) is 24.9. The van der Waals surface area contributed by atoms with Gasteiger partial charge in [0.15, 0.2) is 0 Å². The summed E-state index contributed by atoms with van der Waals surface area (Å²) in [5.41, 5.74) is 2.55. The van der Waals surface area contributed by atoms with Crippen LogP contribution in [-0.2, 0) is 4.79 Å². The summed E-state index contributed by atoms with van der Waals surface area (Å²) < 4.78 is 12.9. The van der Waals surface area contributed by atoms with Crippen LogP contribution >= 0.6 is 0 Å². The second-order valence-corrected chi connectivity index (χ2v) is 6.40. The van der Waals surface area contributed by atoms with Crippen molar-refractivity contribution in [2.24, 2.45) is 0 Å². The van der Waals surface area contributed by atoms with E-state index >= 15 is 0 Å². The van der Waals surface area contributed by atoms with E-state index in [0.29, 0.717) is 23.4 Å². The van der Waals surface area contributed by atoms with Gasteiger partial charge in [0.2, 0.25) is 5.91 Å². The maximum atomic E-state index is 12.9. The number of amides is 2. The summed E-state index contributed by atoms with van der Waals surface area (Å²) in [7, 11) is 0. The molecule has 0 saturated heterocycles. The highest BCUT2D eigenvalue weighted by Gasteiger charge is 2.18. The van der Waals surface area contributed by atoms with Crippen LogP contribution in [0.4, 0.5) is 15.8 Å². The van der Waals surface area contributed by atoms with Crippen LogP contribution in [0.25, 0.3) is 0 Å². The van der Waals surface area contributed by atoms with Crippen molar-refractivity contribution in [3.63, 3.8) is 0 Å². The Balaban J connectivity index is 1.64. The minimum atomic E-state index is -0.362. The minimum absolute atomic E-state index is 0.0859. The minimum Gasteiger partial charge on any atom is -0.326 e. The standard InChI is InChI=1S/C23H21FN2O2/c1-2-21(16-6-4-3-5-7-16)23(28)26-19-12-8-17(9-13-19)22(27)25-20-14-10-18(24)11-15-20/h3-15,21H,2H2,1H3,(H,25,27)(H,26,28)/t21-/m1/s1. The molecule has 1 atom stereocenters. The summed E-state index contributed by atoms with van der Waals surface area (Å²) in [6.45, 7) is 1.97. The Kier molecular flexibility index (Phi) is 6.17. The van der Waals surface area contributed by atoms with Crippen molar-refractivity contribution in [1.29, 1.82) is 0 Å². The number of halogens is 1. The molecule has 2 amide bonds. The Labute approximate surface area is 163 Å². The van der Waals surface area contributed by atoms with Crippen LogP contribution in [0.3, 0.4) is 0 Å². The Morgan fingerprint density at radius 2 is 1.39 bits per heavy atom. The van der Waals surface area contributed by atoms with Gasteiger partial charge in [-0.15, -0.1) is 0 Å². The first-order valence-corrected chi connectivity index (χ1v) is 9.09. The van der Waals surface area contributed by atoms with E-state index in [-0.39, 0.29) is 23.5 Å². The fourth-order valence-corrected chi connectivity index (χ4v) is 2.93. The van der Waals surface area contributed by atoms with Gasteiger partial charge in [0.25, 0.3) is 5.91 Å². The molecule has 28 heavy (non-hydrogen) atoms. The van der Waals surface area contributed by atoms with Gasteiger partial charge in [-0.3, -0.25) is 9.59 Å². The molecule has 0 unspecified atom stereocenters. The molecule has 0 radical (unpaired) electrons. The largest absolute Gasteiger partial charge is 0.326 e. The van der Waals surface area contributed by atoms with E-state index in [2.05, 4.69) is 10.6 Å². The van der Waals surface area contributed by atoms with Gasteiger partial charge in [0.05, 0.1) is 5.92 Å². The van der Waals surface area contributed by atoms with Gasteiger partial charge in [0, 0.05) is 16.9 Å². The lowest BCUT2D eigenvalue weighted by Gasteiger charge is -2.15. The maximum absolute atomic E-state index is 12.9. The summed E-state index contributed by atoms with van der Waals surface area (Å²) >= 11 is 0. The monoisotopic (exact) mass is 376 g/mol. The number of carbonyl (C=O) groups excluding carboxylic acids is 2. The lowest BCUT2D eigenvalue weighted by Crippen LogP contribution is -2.20. The Morgan fingerprint density at radius 1 is 0.821 bits per heavy atom. The summed E-state index contributed by atoms with van der Waals surface area (Å²) in [5.74, 6) is -0.987. The van der Waals surface area contributed by atoms with Crippen molar-refractivity contribution in [3.8, 4) is 0 Å². The lowest BCUT2D eigenvalue weighted by molar-refractivity contribution is -0.117. The number of benzene rings is 3. The average Bonchev–Trinajstić information content (AvgIpc) is 2.71. The van der Waals surface area contributed by atoms with Crippen molar-refractivity contribution in [2.45, 2.75) is 19.3 Å². The molecule has 0 aliphatic carbocycles. The van der Waals surface area contributed by atoms with Crippen LogP contribution in [-0.4, -0.2) is 11.8 Å². The van der Waals surface area contributed by atoms with E-state index < -0.39 is 0 Å². The molecule has 0 bridgehead atoms. The van der Waals surface area contributed by atoms with Gasteiger partial charge in [0.1, 0.15) is 5.82 Å². The van der Waals surface area contributed by atoms with E-state index in [4.69, 9.17) is 0 Å². The van der Waals surface area contributed by atoms with Crippen molar-refractivity contribution in [2.75, 3.05) is 10.6 Å². The first-order valence-electron chi connectivity index (χ1n) is 9.09. The van der Waals surface area contributed by atoms with Gasteiger partial charge in [-0.1, -0.05) is 37.3 Å². The van der Waals surface area contributed by atoms with Crippen molar-refractivity contribution in [1.82, 2.24) is 0 Å². The summed E-state index contributed by atoms with van der Waals surface area (Å²) in [6.07, 6.45) is 0.688. The van der Waals surface area contributed by atoms with Crippen LogP contribution in [0.15, 0.2) is 78.9 Å². The molecule has 5 heteroatoms. The maximum Gasteiger partial charge on any atom is 0.255 e. The molecule has 0 heterocycles. The molecule has 0 saturated carbocycles. The Morgan fingerprint density at radius 3 is 2.00 bits per heavy atom. The molecule has 0 aromatic heterocycles. The number of hydrogen-bond donors (Lipinski definition) is 2. The van der Waals surface area contributed by atoms with Crippen molar-refractivity contribution in [3.05, 3.63) is 95.8 Å². The molecule has 142 valence electrons. The zero-order valence-corrected chi connectivity index (χ0v) is 15.5.